The lowest BCUT2D eigenvalue weighted by Gasteiger charge is -2.55. The Morgan fingerprint density at radius 1 is 1.26 bits per heavy atom. The summed E-state index contributed by atoms with van der Waals surface area (Å²) in [6.45, 7) is 3.71. The second-order valence-corrected chi connectivity index (χ2v) is 10.9. The van der Waals surface area contributed by atoms with Gasteiger partial charge in [0, 0.05) is 27.1 Å². The Morgan fingerprint density at radius 2 is 1.97 bits per heavy atom. The summed E-state index contributed by atoms with van der Waals surface area (Å²) >= 11 is 1.12. The van der Waals surface area contributed by atoms with Crippen molar-refractivity contribution in [3.63, 3.8) is 0 Å². The maximum Gasteiger partial charge on any atom is 0.416 e. The average Bonchev–Trinajstić information content (AvgIpc) is 3.48. The summed E-state index contributed by atoms with van der Waals surface area (Å²) in [6.07, 6.45) is -1.80. The van der Waals surface area contributed by atoms with Gasteiger partial charge in [-0.2, -0.15) is 4.98 Å². The van der Waals surface area contributed by atoms with E-state index in [0.717, 1.165) is 11.3 Å². The summed E-state index contributed by atoms with van der Waals surface area (Å²) in [5, 5.41) is 10.5. The van der Waals surface area contributed by atoms with E-state index in [1.807, 2.05) is 6.92 Å². The summed E-state index contributed by atoms with van der Waals surface area (Å²) in [5.74, 6) is -2.21. The van der Waals surface area contributed by atoms with Gasteiger partial charge in [-0.3, -0.25) is 20.2 Å². The van der Waals surface area contributed by atoms with Crippen molar-refractivity contribution in [3.8, 4) is 16.6 Å². The molecule has 2 fully saturated rings. The standard InChI is InChI=1S/C24H23FN6O7S/c1-9-7-31-16-11(6-24(18(31)10(2)36-9)20(32)27-22(34)28-21(24)33)5-12-15(29-38-17(12)14(16)25)19-26-13(8-39-19)37-23(35)30(3)4/h5,8-10,18H,6-7H2,1-4H3,(H2,27,28,32,33,34)/t9-,10+,18-/m1/s1. The molecule has 1 spiro atoms. The normalized spacial score (nSPS) is 23.8. The Kier molecular flexibility index (Phi) is 5.62. The summed E-state index contributed by atoms with van der Waals surface area (Å²) in [6, 6.07) is -0.188. The Morgan fingerprint density at radius 3 is 2.67 bits per heavy atom. The van der Waals surface area contributed by atoms with Gasteiger partial charge in [-0.05, 0) is 25.5 Å². The van der Waals surface area contributed by atoms with E-state index in [9.17, 15) is 19.2 Å². The van der Waals surface area contributed by atoms with Crippen LogP contribution in [-0.2, 0) is 20.7 Å². The fourth-order valence-corrected chi connectivity index (χ4v) is 6.41. The van der Waals surface area contributed by atoms with Crippen LogP contribution in [0.1, 0.15) is 19.4 Å². The number of halogens is 1. The molecule has 13 nitrogen and oxygen atoms in total. The number of anilines is 1. The van der Waals surface area contributed by atoms with Crippen LogP contribution in [0.5, 0.6) is 5.88 Å². The molecule has 0 radical (unpaired) electrons. The number of nitrogens with one attached hydrogen (secondary N) is 2. The van der Waals surface area contributed by atoms with Crippen molar-refractivity contribution in [1.29, 1.82) is 0 Å². The van der Waals surface area contributed by atoms with Crippen molar-refractivity contribution >= 4 is 51.9 Å². The van der Waals surface area contributed by atoms with E-state index < -0.39 is 47.3 Å². The number of ether oxygens (including phenoxy) is 2. The van der Waals surface area contributed by atoms with E-state index in [-0.39, 0.29) is 47.3 Å². The highest BCUT2D eigenvalue weighted by Gasteiger charge is 2.63. The van der Waals surface area contributed by atoms with Gasteiger partial charge in [-0.25, -0.2) is 14.0 Å². The zero-order chi connectivity index (χ0) is 27.8. The van der Waals surface area contributed by atoms with E-state index >= 15 is 4.39 Å². The lowest BCUT2D eigenvalue weighted by atomic mass is 9.66. The van der Waals surface area contributed by atoms with Crippen LogP contribution in [0.4, 0.5) is 19.7 Å². The van der Waals surface area contributed by atoms with Gasteiger partial charge in [-0.15, -0.1) is 11.3 Å². The minimum atomic E-state index is -1.76. The molecule has 0 unspecified atom stereocenters. The van der Waals surface area contributed by atoms with E-state index in [1.54, 1.807) is 17.9 Å². The molecule has 3 aliphatic rings. The number of barbiturate groups is 1. The zero-order valence-corrected chi connectivity index (χ0v) is 22.1. The molecule has 3 aromatic rings. The predicted molar refractivity (Wildman–Crippen MR) is 134 cm³/mol. The second kappa shape index (κ2) is 8.71. The largest absolute Gasteiger partial charge is 0.416 e. The predicted octanol–water partition coefficient (Wildman–Crippen LogP) is 2.04. The number of amides is 5. The number of aromatic nitrogens is 2. The first-order chi connectivity index (χ1) is 18.5. The van der Waals surface area contributed by atoms with Crippen LogP contribution in [0, 0.1) is 11.2 Å². The summed E-state index contributed by atoms with van der Waals surface area (Å²) in [4.78, 5) is 57.7. The SMILES string of the molecule is C[C@@H]1CN2c3c(cc4c(-c5nc(OC(=O)N(C)C)cs5)noc4c3F)CC3(C(=O)NC(=O)NC3=O)[C@H]2[C@H](C)O1. The fourth-order valence-electron chi connectivity index (χ4n) is 5.70. The van der Waals surface area contributed by atoms with Gasteiger partial charge in [0.15, 0.2) is 16.9 Å². The molecule has 5 amide bonds. The lowest BCUT2D eigenvalue weighted by molar-refractivity contribution is -0.153. The molecule has 0 bridgehead atoms. The fraction of sp³-hybridized carbons (Fsp3) is 0.417. The second-order valence-electron chi connectivity index (χ2n) is 9.99. The summed E-state index contributed by atoms with van der Waals surface area (Å²) < 4.78 is 32.8. The van der Waals surface area contributed by atoms with Gasteiger partial charge in [-0.1, -0.05) is 5.16 Å². The number of benzene rings is 1. The summed E-state index contributed by atoms with van der Waals surface area (Å²) in [5.41, 5.74) is -1.14. The quantitative estimate of drug-likeness (QED) is 0.446. The zero-order valence-electron chi connectivity index (χ0n) is 21.2. The van der Waals surface area contributed by atoms with Crippen molar-refractivity contribution in [3.05, 3.63) is 22.8 Å². The molecule has 1 aromatic carbocycles. The number of thiazole rings is 1. The first kappa shape index (κ1) is 25.2. The van der Waals surface area contributed by atoms with Gasteiger partial charge < -0.3 is 23.8 Å². The van der Waals surface area contributed by atoms with Gasteiger partial charge in [0.2, 0.25) is 23.3 Å². The Balaban J connectivity index is 1.50. The van der Waals surface area contributed by atoms with Gasteiger partial charge in [0.1, 0.15) is 5.01 Å². The first-order valence-corrected chi connectivity index (χ1v) is 12.9. The monoisotopic (exact) mass is 558 g/mol. The van der Waals surface area contributed by atoms with Crippen molar-refractivity contribution in [1.82, 2.24) is 25.7 Å². The number of morpholine rings is 1. The smallest absolute Gasteiger partial charge is 0.390 e. The molecular formula is C24H23FN6O7S. The third-order valence-corrected chi connectivity index (χ3v) is 8.04. The lowest BCUT2D eigenvalue weighted by Crippen LogP contribution is -2.75. The number of hydrogen-bond donors (Lipinski definition) is 2. The van der Waals surface area contributed by atoms with Crippen molar-refractivity contribution in [2.24, 2.45) is 5.41 Å². The van der Waals surface area contributed by atoms with Crippen LogP contribution in [0.3, 0.4) is 0 Å². The molecule has 204 valence electrons. The topological polar surface area (TPSA) is 156 Å². The number of carbonyl (C=O) groups is 4. The third kappa shape index (κ3) is 3.67. The van der Waals surface area contributed by atoms with Crippen molar-refractivity contribution in [2.45, 2.75) is 38.5 Å². The van der Waals surface area contributed by atoms with Crippen molar-refractivity contribution < 1.29 is 37.6 Å². The highest BCUT2D eigenvalue weighted by molar-refractivity contribution is 7.13. The molecule has 2 N–H and O–H groups in total. The maximum atomic E-state index is 16.2. The van der Waals surface area contributed by atoms with E-state index in [4.69, 9.17) is 14.0 Å². The molecule has 0 aliphatic carbocycles. The Bertz CT molecular complexity index is 1550. The van der Waals surface area contributed by atoms with E-state index in [2.05, 4.69) is 20.8 Å². The van der Waals surface area contributed by atoms with Crippen LogP contribution in [0.15, 0.2) is 16.0 Å². The number of fused-ring (bicyclic) bond motifs is 5. The van der Waals surface area contributed by atoms with Crippen LogP contribution < -0.4 is 20.3 Å². The van der Waals surface area contributed by atoms with E-state index in [0.29, 0.717) is 10.6 Å². The minimum Gasteiger partial charge on any atom is -0.390 e. The van der Waals surface area contributed by atoms with E-state index in [1.165, 1.54) is 24.4 Å². The first-order valence-electron chi connectivity index (χ1n) is 12.1. The highest BCUT2D eigenvalue weighted by atomic mass is 32.1. The number of hydrogen-bond acceptors (Lipinski definition) is 11. The number of carbonyl (C=O) groups excluding carboxylic acids is 4. The van der Waals surface area contributed by atoms with Crippen molar-refractivity contribution in [2.75, 3.05) is 25.5 Å². The molecule has 3 aliphatic heterocycles. The maximum absolute atomic E-state index is 16.2. The molecule has 5 heterocycles. The molecule has 2 saturated heterocycles. The Hall–Kier alpha value is -4.11. The molecular weight excluding hydrogens is 535 g/mol. The molecule has 3 atom stereocenters. The number of urea groups is 1. The van der Waals surface area contributed by atoms with Crippen LogP contribution in [0.25, 0.3) is 21.7 Å². The molecule has 0 saturated carbocycles. The highest BCUT2D eigenvalue weighted by Crippen LogP contribution is 2.49. The molecule has 2 aromatic heterocycles. The Labute approximate surface area is 224 Å². The number of imide groups is 2. The number of rotatable bonds is 2. The van der Waals surface area contributed by atoms with Crippen LogP contribution in [-0.4, -0.2) is 77.9 Å². The molecule has 6 rings (SSSR count). The van der Waals surface area contributed by atoms with Crippen LogP contribution >= 0.6 is 11.3 Å². The number of nitrogens with zero attached hydrogens (tertiary/aromatic N) is 4. The van der Waals surface area contributed by atoms with Crippen LogP contribution in [0.2, 0.25) is 0 Å². The minimum absolute atomic E-state index is 0.0431. The third-order valence-electron chi connectivity index (χ3n) is 7.21. The molecule has 39 heavy (non-hydrogen) atoms. The van der Waals surface area contributed by atoms with Gasteiger partial charge >= 0.3 is 12.1 Å². The summed E-state index contributed by atoms with van der Waals surface area (Å²) in [7, 11) is 3.06. The van der Waals surface area contributed by atoms with Gasteiger partial charge in [0.05, 0.1) is 34.7 Å². The van der Waals surface area contributed by atoms with Gasteiger partial charge in [0.25, 0.3) is 0 Å². The average molecular weight is 559 g/mol. The molecule has 15 heteroatoms.